The van der Waals surface area contributed by atoms with Crippen LogP contribution in [0.25, 0.3) is 0 Å². The smallest absolute Gasteiger partial charge is 0.0337 e. The Morgan fingerprint density at radius 2 is 1.24 bits per heavy atom. The number of hydrogen-bond donors (Lipinski definition) is 1. The number of unbranched alkanes of at least 4 members (excludes halogenated alkanes) is 2. The Morgan fingerprint density at radius 3 is 1.79 bits per heavy atom. The molecule has 0 aromatic heterocycles. The van der Waals surface area contributed by atoms with E-state index in [9.17, 15) is 0 Å². The van der Waals surface area contributed by atoms with Crippen molar-refractivity contribution in [3.63, 3.8) is 0 Å². The molecule has 3 aliphatic carbocycles. The molecule has 33 heavy (non-hydrogen) atoms. The van der Waals surface area contributed by atoms with Gasteiger partial charge in [-0.25, -0.2) is 0 Å². The highest BCUT2D eigenvalue weighted by molar-refractivity contribution is 5.44. The summed E-state index contributed by atoms with van der Waals surface area (Å²) in [5.74, 6) is 5.66. The highest BCUT2D eigenvalue weighted by Crippen LogP contribution is 2.43. The highest BCUT2D eigenvalue weighted by atomic mass is 14.8. The molecule has 3 fully saturated rings. The van der Waals surface area contributed by atoms with Crippen molar-refractivity contribution in [2.75, 3.05) is 12.4 Å². The third kappa shape index (κ3) is 7.37. The molecular formula is C32H51N. The molecule has 184 valence electrons. The number of allylic oxidation sites excluding steroid dienone is 2. The third-order valence-electron chi connectivity index (χ3n) is 9.69. The summed E-state index contributed by atoms with van der Waals surface area (Å²) in [5, 5.41) is 3.23. The van der Waals surface area contributed by atoms with Crippen molar-refractivity contribution in [3.8, 4) is 0 Å². The highest BCUT2D eigenvalue weighted by Gasteiger charge is 2.30. The number of hydrogen-bond acceptors (Lipinski definition) is 1. The third-order valence-corrected chi connectivity index (χ3v) is 9.69. The Balaban J connectivity index is 1.12. The summed E-state index contributed by atoms with van der Waals surface area (Å²) in [7, 11) is 2.00. The molecule has 0 spiro atoms. The van der Waals surface area contributed by atoms with Gasteiger partial charge in [-0.2, -0.15) is 0 Å². The van der Waals surface area contributed by atoms with Gasteiger partial charge in [0.1, 0.15) is 0 Å². The Hall–Kier alpha value is -1.24. The molecule has 0 heterocycles. The molecule has 0 radical (unpaired) electrons. The topological polar surface area (TPSA) is 12.0 Å². The van der Waals surface area contributed by atoms with Crippen molar-refractivity contribution >= 4 is 5.69 Å². The molecule has 0 amide bonds. The average molecular weight is 450 g/mol. The first kappa shape index (κ1) is 24.9. The standard InChI is InChI=1S/C32H51N/c1-3-4-5-6-25-9-15-28(16-10-25)29-17-11-26(12-18-29)7-8-27-13-19-30(20-14-27)31-21-23-32(33-2)24-22-31/h7-8,21-30,33H,3-6,9-20H2,1-2H3/b8-7+. The van der Waals surface area contributed by atoms with Crippen molar-refractivity contribution < 1.29 is 0 Å². The van der Waals surface area contributed by atoms with Crippen molar-refractivity contribution in [2.45, 2.75) is 116 Å². The van der Waals surface area contributed by atoms with E-state index in [1.807, 2.05) is 7.05 Å². The van der Waals surface area contributed by atoms with Crippen LogP contribution in [0.5, 0.6) is 0 Å². The summed E-state index contributed by atoms with van der Waals surface area (Å²) in [6.45, 7) is 2.33. The molecule has 0 bridgehead atoms. The van der Waals surface area contributed by atoms with E-state index in [0.29, 0.717) is 0 Å². The first-order valence-electron chi connectivity index (χ1n) is 14.7. The molecule has 1 heteroatoms. The van der Waals surface area contributed by atoms with Gasteiger partial charge in [-0.05, 0) is 117 Å². The first-order chi connectivity index (χ1) is 16.2. The van der Waals surface area contributed by atoms with E-state index in [0.717, 1.165) is 35.5 Å². The molecule has 0 unspecified atom stereocenters. The normalized spacial score (nSPS) is 33.3. The van der Waals surface area contributed by atoms with Crippen LogP contribution in [-0.4, -0.2) is 7.05 Å². The van der Waals surface area contributed by atoms with Crippen LogP contribution < -0.4 is 5.32 Å². The van der Waals surface area contributed by atoms with Gasteiger partial charge in [0.15, 0.2) is 0 Å². The second-order valence-electron chi connectivity index (χ2n) is 11.8. The largest absolute Gasteiger partial charge is 0.388 e. The molecular weight excluding hydrogens is 398 g/mol. The lowest BCUT2D eigenvalue weighted by atomic mass is 9.68. The van der Waals surface area contributed by atoms with Crippen LogP contribution in [0.4, 0.5) is 5.69 Å². The van der Waals surface area contributed by atoms with E-state index < -0.39 is 0 Å². The van der Waals surface area contributed by atoms with E-state index in [1.54, 1.807) is 18.4 Å². The maximum Gasteiger partial charge on any atom is 0.0337 e. The van der Waals surface area contributed by atoms with E-state index in [2.05, 4.69) is 48.7 Å². The summed E-state index contributed by atoms with van der Waals surface area (Å²) in [5.41, 5.74) is 2.77. The minimum atomic E-state index is 0.776. The van der Waals surface area contributed by atoms with Crippen molar-refractivity contribution in [1.29, 1.82) is 0 Å². The number of nitrogens with one attached hydrogen (secondary N) is 1. The van der Waals surface area contributed by atoms with Crippen LogP contribution in [0.2, 0.25) is 0 Å². The average Bonchev–Trinajstić information content (AvgIpc) is 2.89. The monoisotopic (exact) mass is 449 g/mol. The van der Waals surface area contributed by atoms with Gasteiger partial charge in [0.05, 0.1) is 0 Å². The first-order valence-corrected chi connectivity index (χ1v) is 14.7. The van der Waals surface area contributed by atoms with Crippen molar-refractivity contribution in [3.05, 3.63) is 42.0 Å². The quantitative estimate of drug-likeness (QED) is 0.292. The maximum absolute atomic E-state index is 3.23. The Bertz CT molecular complexity index is 680. The van der Waals surface area contributed by atoms with E-state index in [-0.39, 0.29) is 0 Å². The molecule has 1 aromatic carbocycles. The molecule has 0 aliphatic heterocycles. The number of anilines is 1. The minimum absolute atomic E-state index is 0.776. The zero-order valence-corrected chi connectivity index (χ0v) is 21.7. The molecule has 3 aliphatic rings. The van der Waals surface area contributed by atoms with Gasteiger partial charge in [0.2, 0.25) is 0 Å². The summed E-state index contributed by atoms with van der Waals surface area (Å²) in [4.78, 5) is 0. The SMILES string of the molecule is CCCCCC1CCC(C2CCC(/C=C/C3CCC(c4ccc(NC)cc4)CC3)CC2)CC1. The summed E-state index contributed by atoms with van der Waals surface area (Å²) < 4.78 is 0. The number of rotatable bonds is 9. The molecule has 1 nitrogen and oxygen atoms in total. The van der Waals surface area contributed by atoms with Gasteiger partial charge < -0.3 is 5.32 Å². The Labute approximate surface area is 205 Å². The van der Waals surface area contributed by atoms with Gasteiger partial charge >= 0.3 is 0 Å². The lowest BCUT2D eigenvalue weighted by Gasteiger charge is -2.37. The van der Waals surface area contributed by atoms with Gasteiger partial charge in [-0.3, -0.25) is 0 Å². The molecule has 4 rings (SSSR count). The van der Waals surface area contributed by atoms with Gasteiger partial charge in [0.25, 0.3) is 0 Å². The summed E-state index contributed by atoms with van der Waals surface area (Å²) >= 11 is 0. The van der Waals surface area contributed by atoms with Crippen LogP contribution in [0.3, 0.4) is 0 Å². The van der Waals surface area contributed by atoms with Crippen LogP contribution in [0, 0.1) is 29.6 Å². The Kier molecular flexibility index (Phi) is 9.81. The van der Waals surface area contributed by atoms with Crippen LogP contribution in [0.15, 0.2) is 36.4 Å². The predicted octanol–water partition coefficient (Wildman–Crippen LogP) is 9.75. The van der Waals surface area contributed by atoms with Gasteiger partial charge in [-0.15, -0.1) is 0 Å². The lowest BCUT2D eigenvalue weighted by molar-refractivity contribution is 0.151. The predicted molar refractivity (Wildman–Crippen MR) is 145 cm³/mol. The fraction of sp³-hybridized carbons (Fsp3) is 0.750. The zero-order chi connectivity index (χ0) is 22.9. The van der Waals surface area contributed by atoms with E-state index in [4.69, 9.17) is 0 Å². The minimum Gasteiger partial charge on any atom is -0.388 e. The lowest BCUT2D eigenvalue weighted by Crippen LogP contribution is -2.25. The zero-order valence-electron chi connectivity index (χ0n) is 21.7. The van der Waals surface area contributed by atoms with Gasteiger partial charge in [-0.1, -0.05) is 69.7 Å². The van der Waals surface area contributed by atoms with Crippen LogP contribution in [-0.2, 0) is 0 Å². The fourth-order valence-corrected chi connectivity index (χ4v) is 7.32. The van der Waals surface area contributed by atoms with E-state index in [1.165, 1.54) is 95.6 Å². The van der Waals surface area contributed by atoms with Crippen molar-refractivity contribution in [1.82, 2.24) is 0 Å². The number of benzene rings is 1. The molecule has 0 saturated heterocycles. The molecule has 1 aromatic rings. The Morgan fingerprint density at radius 1 is 0.697 bits per heavy atom. The second-order valence-corrected chi connectivity index (χ2v) is 11.8. The second kappa shape index (κ2) is 13.0. The van der Waals surface area contributed by atoms with E-state index >= 15 is 0 Å². The van der Waals surface area contributed by atoms with Crippen molar-refractivity contribution in [2.24, 2.45) is 29.6 Å². The molecule has 3 saturated carbocycles. The fourth-order valence-electron chi connectivity index (χ4n) is 7.32. The molecule has 0 atom stereocenters. The van der Waals surface area contributed by atoms with Gasteiger partial charge in [0, 0.05) is 12.7 Å². The summed E-state index contributed by atoms with van der Waals surface area (Å²) in [6.07, 6.45) is 28.7. The van der Waals surface area contributed by atoms with Crippen LogP contribution in [0.1, 0.15) is 121 Å². The maximum atomic E-state index is 3.23. The molecule has 1 N–H and O–H groups in total. The van der Waals surface area contributed by atoms with Crippen LogP contribution >= 0.6 is 0 Å². The summed E-state index contributed by atoms with van der Waals surface area (Å²) in [6, 6.07) is 9.14.